The van der Waals surface area contributed by atoms with Crippen LogP contribution < -0.4 is 9.47 Å². The molecule has 0 saturated heterocycles. The standard InChI is InChI=1S/C24H38O6S2/c1-5-9-25-11-13-27-15-17-29-22-20(4)32-24(21-8-7-19(3)31-21)23(22)30-18-16-28-14-12-26-10-6-2/h7-8H,5-6,9-18H2,1-4H3. The molecule has 8 heteroatoms. The third kappa shape index (κ3) is 9.77. The first-order valence-corrected chi connectivity index (χ1v) is 13.1. The van der Waals surface area contributed by atoms with Gasteiger partial charge in [-0.1, -0.05) is 13.8 Å². The zero-order valence-corrected chi connectivity index (χ0v) is 21.5. The van der Waals surface area contributed by atoms with E-state index in [2.05, 4.69) is 39.8 Å². The van der Waals surface area contributed by atoms with Crippen molar-refractivity contribution in [2.24, 2.45) is 0 Å². The van der Waals surface area contributed by atoms with Crippen LogP contribution in [-0.4, -0.2) is 66.1 Å². The van der Waals surface area contributed by atoms with Gasteiger partial charge in [-0.05, 0) is 38.8 Å². The minimum Gasteiger partial charge on any atom is -0.486 e. The van der Waals surface area contributed by atoms with Gasteiger partial charge < -0.3 is 28.4 Å². The van der Waals surface area contributed by atoms with Gasteiger partial charge in [0, 0.05) is 27.8 Å². The van der Waals surface area contributed by atoms with Gasteiger partial charge in [-0.2, -0.15) is 0 Å². The molecule has 182 valence electrons. The average molecular weight is 487 g/mol. The Morgan fingerprint density at radius 3 is 1.59 bits per heavy atom. The summed E-state index contributed by atoms with van der Waals surface area (Å²) in [5.74, 6) is 1.60. The van der Waals surface area contributed by atoms with Crippen LogP contribution in [0.5, 0.6) is 11.5 Å². The average Bonchev–Trinajstić information content (AvgIpc) is 3.35. The second kappa shape index (κ2) is 16.5. The summed E-state index contributed by atoms with van der Waals surface area (Å²) in [6, 6.07) is 4.27. The zero-order valence-electron chi connectivity index (χ0n) is 19.9. The highest BCUT2D eigenvalue weighted by Crippen LogP contribution is 2.49. The van der Waals surface area contributed by atoms with Crippen molar-refractivity contribution < 1.29 is 28.4 Å². The van der Waals surface area contributed by atoms with E-state index in [9.17, 15) is 0 Å². The molecule has 0 amide bonds. The number of aryl methyl sites for hydroxylation is 2. The van der Waals surface area contributed by atoms with Gasteiger partial charge in [0.25, 0.3) is 0 Å². The van der Waals surface area contributed by atoms with Gasteiger partial charge >= 0.3 is 0 Å². The van der Waals surface area contributed by atoms with Gasteiger partial charge in [0.1, 0.15) is 13.2 Å². The van der Waals surface area contributed by atoms with E-state index in [1.54, 1.807) is 22.7 Å². The summed E-state index contributed by atoms with van der Waals surface area (Å²) in [7, 11) is 0. The molecule has 0 N–H and O–H groups in total. The molecule has 0 spiro atoms. The molecular weight excluding hydrogens is 448 g/mol. The van der Waals surface area contributed by atoms with Gasteiger partial charge in [0.2, 0.25) is 0 Å². The lowest BCUT2D eigenvalue weighted by Gasteiger charge is -2.12. The van der Waals surface area contributed by atoms with E-state index in [1.165, 1.54) is 9.75 Å². The summed E-state index contributed by atoms with van der Waals surface area (Å²) in [5.41, 5.74) is 0. The Labute approximate surface area is 200 Å². The summed E-state index contributed by atoms with van der Waals surface area (Å²) in [6.45, 7) is 14.2. The Bertz CT molecular complexity index is 743. The van der Waals surface area contributed by atoms with E-state index in [1.807, 2.05) is 0 Å². The van der Waals surface area contributed by atoms with E-state index in [4.69, 9.17) is 28.4 Å². The Kier molecular flexibility index (Phi) is 13.9. The molecule has 0 bridgehead atoms. The molecule has 0 aromatic carbocycles. The third-order valence-corrected chi connectivity index (χ3v) is 6.59. The fraction of sp³-hybridized carbons (Fsp3) is 0.667. The summed E-state index contributed by atoms with van der Waals surface area (Å²) in [6.07, 6.45) is 2.04. The van der Waals surface area contributed by atoms with E-state index in [-0.39, 0.29) is 0 Å². The molecule has 0 aliphatic rings. The fourth-order valence-corrected chi connectivity index (χ4v) is 4.88. The van der Waals surface area contributed by atoms with Crippen molar-refractivity contribution in [2.45, 2.75) is 40.5 Å². The molecule has 2 heterocycles. The predicted octanol–water partition coefficient (Wildman–Crippen LogP) is 5.74. The number of ether oxygens (including phenoxy) is 6. The molecule has 0 radical (unpaired) electrons. The lowest BCUT2D eigenvalue weighted by Crippen LogP contribution is -2.13. The Morgan fingerprint density at radius 1 is 0.594 bits per heavy atom. The predicted molar refractivity (Wildman–Crippen MR) is 132 cm³/mol. The summed E-state index contributed by atoms with van der Waals surface area (Å²) in [4.78, 5) is 4.67. The Balaban J connectivity index is 1.88. The van der Waals surface area contributed by atoms with Crippen LogP contribution >= 0.6 is 22.7 Å². The lowest BCUT2D eigenvalue weighted by atomic mass is 10.3. The van der Waals surface area contributed by atoms with Crippen LogP contribution in [0.15, 0.2) is 12.1 Å². The van der Waals surface area contributed by atoms with Crippen molar-refractivity contribution in [1.82, 2.24) is 0 Å². The topological polar surface area (TPSA) is 55.4 Å². The minimum absolute atomic E-state index is 0.461. The maximum absolute atomic E-state index is 6.17. The largest absolute Gasteiger partial charge is 0.486 e. The van der Waals surface area contributed by atoms with Crippen LogP contribution in [0.3, 0.4) is 0 Å². The molecule has 0 unspecified atom stereocenters. The monoisotopic (exact) mass is 486 g/mol. The molecule has 2 aromatic rings. The normalized spacial score (nSPS) is 11.2. The molecular formula is C24H38O6S2. The first-order valence-electron chi connectivity index (χ1n) is 11.4. The number of rotatable bonds is 19. The van der Waals surface area contributed by atoms with Crippen molar-refractivity contribution in [3.8, 4) is 21.3 Å². The highest BCUT2D eigenvalue weighted by Gasteiger charge is 2.21. The first kappa shape index (κ1) is 27.1. The Hall–Kier alpha value is -1.16. The quantitative estimate of drug-likeness (QED) is 0.236. The molecule has 0 fully saturated rings. The maximum Gasteiger partial charge on any atom is 0.181 e. The van der Waals surface area contributed by atoms with Crippen LogP contribution in [0.2, 0.25) is 0 Å². The zero-order chi connectivity index (χ0) is 23.0. The van der Waals surface area contributed by atoms with E-state index < -0.39 is 0 Å². The fourth-order valence-electron chi connectivity index (χ4n) is 2.86. The van der Waals surface area contributed by atoms with Crippen LogP contribution in [0.25, 0.3) is 9.75 Å². The summed E-state index contributed by atoms with van der Waals surface area (Å²) >= 11 is 3.46. The van der Waals surface area contributed by atoms with E-state index in [0.717, 1.165) is 47.3 Å². The molecule has 2 rings (SSSR count). The van der Waals surface area contributed by atoms with Gasteiger partial charge in [-0.15, -0.1) is 22.7 Å². The van der Waals surface area contributed by atoms with Crippen molar-refractivity contribution in [3.63, 3.8) is 0 Å². The first-order chi connectivity index (χ1) is 15.7. The molecule has 0 saturated carbocycles. The molecule has 0 aliphatic carbocycles. The number of hydrogen-bond acceptors (Lipinski definition) is 8. The number of hydrogen-bond donors (Lipinski definition) is 0. The highest BCUT2D eigenvalue weighted by molar-refractivity contribution is 7.22. The van der Waals surface area contributed by atoms with Crippen LogP contribution in [0.4, 0.5) is 0 Å². The Morgan fingerprint density at radius 2 is 1.09 bits per heavy atom. The van der Waals surface area contributed by atoms with E-state index >= 15 is 0 Å². The van der Waals surface area contributed by atoms with Gasteiger partial charge in [0.05, 0.1) is 44.5 Å². The number of thiophene rings is 2. The van der Waals surface area contributed by atoms with Gasteiger partial charge in [0.15, 0.2) is 11.5 Å². The van der Waals surface area contributed by atoms with Crippen molar-refractivity contribution in [2.75, 3.05) is 66.1 Å². The molecule has 0 atom stereocenters. The minimum atomic E-state index is 0.461. The molecule has 2 aromatic heterocycles. The van der Waals surface area contributed by atoms with E-state index in [0.29, 0.717) is 52.9 Å². The van der Waals surface area contributed by atoms with Gasteiger partial charge in [-0.3, -0.25) is 0 Å². The second-order valence-corrected chi connectivity index (χ2v) is 9.71. The SMILES string of the molecule is CCCOCCOCCOc1c(C)sc(-c2ccc(C)s2)c1OCCOCCOCCC. The van der Waals surface area contributed by atoms with Crippen LogP contribution in [0.1, 0.15) is 36.4 Å². The van der Waals surface area contributed by atoms with Crippen molar-refractivity contribution >= 4 is 22.7 Å². The highest BCUT2D eigenvalue weighted by atomic mass is 32.1. The smallest absolute Gasteiger partial charge is 0.181 e. The van der Waals surface area contributed by atoms with Crippen molar-refractivity contribution in [3.05, 3.63) is 21.9 Å². The van der Waals surface area contributed by atoms with Crippen molar-refractivity contribution in [1.29, 1.82) is 0 Å². The van der Waals surface area contributed by atoms with Crippen LogP contribution in [0, 0.1) is 13.8 Å². The summed E-state index contributed by atoms with van der Waals surface area (Å²) in [5, 5.41) is 0. The lowest BCUT2D eigenvalue weighted by molar-refractivity contribution is 0.0334. The second-order valence-electron chi connectivity index (χ2n) is 7.20. The molecule has 0 aliphatic heterocycles. The third-order valence-electron chi connectivity index (χ3n) is 4.34. The molecule has 32 heavy (non-hydrogen) atoms. The maximum atomic E-state index is 6.17. The summed E-state index contributed by atoms with van der Waals surface area (Å²) < 4.78 is 34.4. The molecule has 6 nitrogen and oxygen atoms in total. The van der Waals surface area contributed by atoms with Crippen LogP contribution in [-0.2, 0) is 18.9 Å². The van der Waals surface area contributed by atoms with Gasteiger partial charge in [-0.25, -0.2) is 0 Å².